The molecule has 7 heteroatoms. The van der Waals surface area contributed by atoms with E-state index < -0.39 is 15.8 Å². The van der Waals surface area contributed by atoms with Crippen molar-refractivity contribution in [2.24, 2.45) is 5.73 Å². The second-order valence-corrected chi connectivity index (χ2v) is 6.32. The highest BCUT2D eigenvalue weighted by Crippen LogP contribution is 2.15. The van der Waals surface area contributed by atoms with E-state index in [1.165, 1.54) is 12.1 Å². The number of rotatable bonds is 5. The number of hydrogen-bond acceptors (Lipinski definition) is 4. The summed E-state index contributed by atoms with van der Waals surface area (Å²) in [5, 5.41) is 0. The van der Waals surface area contributed by atoms with Crippen LogP contribution in [0.5, 0.6) is 0 Å². The molecule has 0 saturated heterocycles. The molecule has 3 N–H and O–H groups in total. The normalized spacial score (nSPS) is 11.6. The van der Waals surface area contributed by atoms with E-state index in [0.29, 0.717) is 5.69 Å². The van der Waals surface area contributed by atoms with E-state index in [9.17, 15) is 12.8 Å². The van der Waals surface area contributed by atoms with Crippen molar-refractivity contribution in [3.8, 4) is 0 Å². The average Bonchev–Trinajstić information content (AvgIpc) is 2.46. The van der Waals surface area contributed by atoms with Crippen LogP contribution in [0.3, 0.4) is 0 Å². The van der Waals surface area contributed by atoms with Gasteiger partial charge in [0.1, 0.15) is 5.82 Å². The lowest BCUT2D eigenvalue weighted by Crippen LogP contribution is -2.24. The van der Waals surface area contributed by atoms with Crippen LogP contribution >= 0.6 is 0 Å². The summed E-state index contributed by atoms with van der Waals surface area (Å²) in [6.07, 6.45) is 1.60. The number of hydrogen-bond donors (Lipinski definition) is 2. The highest BCUT2D eigenvalue weighted by Gasteiger charge is 2.16. The minimum atomic E-state index is -3.74. The summed E-state index contributed by atoms with van der Waals surface area (Å²) >= 11 is 0. The molecule has 0 bridgehead atoms. The molecule has 2 aromatic rings. The van der Waals surface area contributed by atoms with E-state index in [-0.39, 0.29) is 23.5 Å². The van der Waals surface area contributed by atoms with E-state index in [4.69, 9.17) is 5.73 Å². The third kappa shape index (κ3) is 3.63. The Balaban J connectivity index is 2.21. The maximum absolute atomic E-state index is 13.4. The molecular weight excluding hydrogens is 293 g/mol. The molecule has 5 nitrogen and oxygen atoms in total. The van der Waals surface area contributed by atoms with Crippen LogP contribution in [0.4, 0.5) is 4.39 Å². The van der Waals surface area contributed by atoms with Crippen LogP contribution in [-0.2, 0) is 23.1 Å². The summed E-state index contributed by atoms with van der Waals surface area (Å²) in [6, 6.07) is 7.18. The molecule has 1 aromatic heterocycles. The first-order chi connectivity index (χ1) is 9.94. The van der Waals surface area contributed by atoms with E-state index in [0.717, 1.165) is 11.6 Å². The summed E-state index contributed by atoms with van der Waals surface area (Å²) in [7, 11) is -3.74. The topological polar surface area (TPSA) is 85.1 Å². The summed E-state index contributed by atoms with van der Waals surface area (Å²) in [4.78, 5) is 4.10. The van der Waals surface area contributed by atoms with Crippen LogP contribution in [0.25, 0.3) is 0 Å². The van der Waals surface area contributed by atoms with Crippen molar-refractivity contribution >= 4 is 10.0 Å². The maximum Gasteiger partial charge on any atom is 0.240 e. The number of halogens is 1. The summed E-state index contributed by atoms with van der Waals surface area (Å²) in [5.41, 5.74) is 7.07. The first kappa shape index (κ1) is 15.6. The third-order valence-corrected chi connectivity index (χ3v) is 4.49. The van der Waals surface area contributed by atoms with Crippen molar-refractivity contribution in [3.05, 3.63) is 59.2 Å². The van der Waals surface area contributed by atoms with Gasteiger partial charge in [-0.25, -0.2) is 17.5 Å². The quantitative estimate of drug-likeness (QED) is 0.876. The largest absolute Gasteiger partial charge is 0.326 e. The number of benzene rings is 1. The molecule has 0 radical (unpaired) electrons. The lowest BCUT2D eigenvalue weighted by atomic mass is 10.2. The van der Waals surface area contributed by atoms with Crippen LogP contribution in [0.2, 0.25) is 0 Å². The zero-order valence-electron chi connectivity index (χ0n) is 11.5. The van der Waals surface area contributed by atoms with Gasteiger partial charge in [-0.05, 0) is 36.8 Å². The van der Waals surface area contributed by atoms with Gasteiger partial charge in [0.15, 0.2) is 0 Å². The fraction of sp³-hybridized carbons (Fsp3) is 0.214. The predicted molar refractivity (Wildman–Crippen MR) is 77.3 cm³/mol. The highest BCUT2D eigenvalue weighted by atomic mass is 32.2. The summed E-state index contributed by atoms with van der Waals surface area (Å²) in [5.74, 6) is -0.517. The van der Waals surface area contributed by atoms with Gasteiger partial charge in [-0.1, -0.05) is 6.07 Å². The summed E-state index contributed by atoms with van der Waals surface area (Å²) < 4.78 is 40.2. The zero-order valence-corrected chi connectivity index (χ0v) is 12.3. The van der Waals surface area contributed by atoms with E-state index in [1.54, 1.807) is 12.3 Å². The average molecular weight is 309 g/mol. The van der Waals surface area contributed by atoms with Crippen LogP contribution in [-0.4, -0.2) is 13.4 Å². The minimum absolute atomic E-state index is 0.0158. The van der Waals surface area contributed by atoms with E-state index >= 15 is 0 Å². The number of aromatic nitrogens is 1. The Morgan fingerprint density at radius 2 is 2.10 bits per heavy atom. The maximum atomic E-state index is 13.4. The van der Waals surface area contributed by atoms with Crippen LogP contribution < -0.4 is 10.5 Å². The van der Waals surface area contributed by atoms with Gasteiger partial charge in [0, 0.05) is 18.3 Å². The van der Waals surface area contributed by atoms with Crippen LogP contribution in [0.15, 0.2) is 41.4 Å². The third-order valence-electron chi connectivity index (χ3n) is 3.09. The molecule has 0 saturated carbocycles. The van der Waals surface area contributed by atoms with Gasteiger partial charge in [-0.15, -0.1) is 0 Å². The number of nitrogens with one attached hydrogen (secondary N) is 1. The number of nitrogens with zero attached hydrogens (tertiary/aromatic N) is 1. The molecule has 112 valence electrons. The zero-order chi connectivity index (χ0) is 15.5. The Morgan fingerprint density at radius 1 is 1.33 bits per heavy atom. The van der Waals surface area contributed by atoms with Crippen molar-refractivity contribution in [1.82, 2.24) is 9.71 Å². The second-order valence-electron chi connectivity index (χ2n) is 4.55. The van der Waals surface area contributed by atoms with Gasteiger partial charge in [-0.3, -0.25) is 4.98 Å². The number of nitrogens with two attached hydrogens (primary N) is 1. The number of pyridine rings is 1. The van der Waals surface area contributed by atoms with Crippen molar-refractivity contribution in [2.45, 2.75) is 24.9 Å². The Kier molecular flexibility index (Phi) is 4.66. The van der Waals surface area contributed by atoms with Crippen molar-refractivity contribution in [3.63, 3.8) is 0 Å². The standard InChI is InChI=1S/C14H16FN3O2S/c1-10-3-2-6-17-14(10)9-18-21(19,20)12-4-5-13(15)11(7-12)8-16/h2-7,18H,8-9,16H2,1H3. The molecule has 0 atom stereocenters. The first-order valence-electron chi connectivity index (χ1n) is 6.32. The fourth-order valence-corrected chi connectivity index (χ4v) is 2.86. The van der Waals surface area contributed by atoms with Crippen LogP contribution in [0, 0.1) is 12.7 Å². The fourth-order valence-electron chi connectivity index (χ4n) is 1.82. The lowest BCUT2D eigenvalue weighted by molar-refractivity contribution is 0.578. The number of aryl methyl sites for hydroxylation is 1. The SMILES string of the molecule is Cc1cccnc1CNS(=O)(=O)c1ccc(F)c(CN)c1. The Morgan fingerprint density at radius 3 is 2.76 bits per heavy atom. The molecule has 0 fully saturated rings. The van der Waals surface area contributed by atoms with Gasteiger partial charge in [0.05, 0.1) is 17.1 Å². The Hall–Kier alpha value is -1.83. The van der Waals surface area contributed by atoms with Gasteiger partial charge in [0.25, 0.3) is 0 Å². The molecule has 0 unspecified atom stereocenters. The Labute approximate surface area is 123 Å². The molecule has 1 heterocycles. The van der Waals surface area contributed by atoms with Gasteiger partial charge >= 0.3 is 0 Å². The monoisotopic (exact) mass is 309 g/mol. The van der Waals surface area contributed by atoms with Crippen LogP contribution in [0.1, 0.15) is 16.8 Å². The minimum Gasteiger partial charge on any atom is -0.326 e. The van der Waals surface area contributed by atoms with Crippen molar-refractivity contribution < 1.29 is 12.8 Å². The predicted octanol–water partition coefficient (Wildman–Crippen LogP) is 1.47. The molecule has 21 heavy (non-hydrogen) atoms. The molecule has 0 amide bonds. The molecule has 0 aliphatic heterocycles. The smallest absolute Gasteiger partial charge is 0.240 e. The van der Waals surface area contributed by atoms with E-state index in [2.05, 4.69) is 9.71 Å². The number of sulfonamides is 1. The molecule has 1 aromatic carbocycles. The molecule has 0 aliphatic rings. The van der Waals surface area contributed by atoms with Crippen molar-refractivity contribution in [1.29, 1.82) is 0 Å². The second kappa shape index (κ2) is 6.30. The van der Waals surface area contributed by atoms with E-state index in [1.807, 2.05) is 13.0 Å². The molecule has 2 rings (SSSR count). The summed E-state index contributed by atoms with van der Waals surface area (Å²) in [6.45, 7) is 1.86. The van der Waals surface area contributed by atoms with Gasteiger partial charge in [-0.2, -0.15) is 0 Å². The highest BCUT2D eigenvalue weighted by molar-refractivity contribution is 7.89. The van der Waals surface area contributed by atoms with Crippen molar-refractivity contribution in [2.75, 3.05) is 0 Å². The molecular formula is C14H16FN3O2S. The lowest BCUT2D eigenvalue weighted by Gasteiger charge is -2.09. The molecule has 0 spiro atoms. The first-order valence-corrected chi connectivity index (χ1v) is 7.81. The molecule has 0 aliphatic carbocycles. The van der Waals surface area contributed by atoms with Gasteiger partial charge < -0.3 is 5.73 Å². The Bertz CT molecular complexity index is 748. The van der Waals surface area contributed by atoms with Gasteiger partial charge in [0.2, 0.25) is 10.0 Å².